The molecule has 0 saturated carbocycles. The number of carbonyl (C=O) groups excluding carboxylic acids is 3. The largest absolute Gasteiger partial charge is 0.478 e. The number of benzene rings is 1. The molecular weight excluding hydrogens is 290 g/mol. The molecule has 0 spiro atoms. The summed E-state index contributed by atoms with van der Waals surface area (Å²) in [5, 5.41) is 16.0. The first kappa shape index (κ1) is 17.2. The van der Waals surface area contributed by atoms with Crippen molar-refractivity contribution in [3.05, 3.63) is 35.4 Å². The van der Waals surface area contributed by atoms with Gasteiger partial charge in [0.25, 0.3) is 0 Å². The van der Waals surface area contributed by atoms with Crippen LogP contribution in [-0.4, -0.2) is 41.9 Å². The Morgan fingerprint density at radius 1 is 0.909 bits per heavy atom. The van der Waals surface area contributed by atoms with Crippen LogP contribution in [0.5, 0.6) is 0 Å². The van der Waals surface area contributed by atoms with Crippen molar-refractivity contribution >= 4 is 23.7 Å². The first-order chi connectivity index (χ1) is 10.4. The summed E-state index contributed by atoms with van der Waals surface area (Å²) >= 11 is 0. The van der Waals surface area contributed by atoms with Crippen molar-refractivity contribution in [3.63, 3.8) is 0 Å². The van der Waals surface area contributed by atoms with Crippen molar-refractivity contribution in [3.8, 4) is 0 Å². The minimum absolute atomic E-state index is 0.167. The topological polar surface area (TPSA) is 125 Å². The zero-order valence-corrected chi connectivity index (χ0v) is 12.0. The number of carboxylic acid groups (broad SMARTS) is 1. The smallest absolute Gasteiger partial charge is 0.335 e. The highest BCUT2D eigenvalue weighted by molar-refractivity contribution is 5.88. The van der Waals surface area contributed by atoms with Gasteiger partial charge < -0.3 is 21.1 Å². The van der Waals surface area contributed by atoms with E-state index in [0.29, 0.717) is 0 Å². The summed E-state index contributed by atoms with van der Waals surface area (Å²) in [5.41, 5.74) is 0.906. The van der Waals surface area contributed by atoms with Gasteiger partial charge in [-0.2, -0.15) is 0 Å². The summed E-state index contributed by atoms with van der Waals surface area (Å²) in [4.78, 5) is 44.1. The van der Waals surface area contributed by atoms with Gasteiger partial charge in [0.05, 0.1) is 18.7 Å². The molecule has 0 saturated heterocycles. The standard InChI is InChI=1S/C14H17N3O5/c1-9(18)15-7-12(19)17-8-13(20)16-6-10-2-4-11(5-3-10)14(21)22/h2-5H,6-8H2,1H3,(H,15,18)(H,16,20)(H,17,19)(H,21,22). The molecule has 3 amide bonds. The van der Waals surface area contributed by atoms with Crippen molar-refractivity contribution in [2.45, 2.75) is 13.5 Å². The molecule has 1 rings (SSSR count). The molecule has 118 valence electrons. The van der Waals surface area contributed by atoms with Gasteiger partial charge in [-0.15, -0.1) is 0 Å². The normalized spacial score (nSPS) is 9.68. The Balaban J connectivity index is 2.29. The van der Waals surface area contributed by atoms with Crippen LogP contribution >= 0.6 is 0 Å². The number of amides is 3. The predicted octanol–water partition coefficient (Wildman–Crippen LogP) is -0.747. The molecule has 0 heterocycles. The fourth-order valence-corrected chi connectivity index (χ4v) is 1.47. The van der Waals surface area contributed by atoms with E-state index in [4.69, 9.17) is 5.11 Å². The van der Waals surface area contributed by atoms with E-state index in [1.807, 2.05) is 0 Å². The third kappa shape index (κ3) is 6.51. The van der Waals surface area contributed by atoms with Crippen molar-refractivity contribution < 1.29 is 24.3 Å². The second-order valence-corrected chi connectivity index (χ2v) is 4.47. The van der Waals surface area contributed by atoms with Gasteiger partial charge in [-0.25, -0.2) is 4.79 Å². The van der Waals surface area contributed by atoms with Crippen LogP contribution < -0.4 is 16.0 Å². The lowest BCUT2D eigenvalue weighted by atomic mass is 10.1. The minimum atomic E-state index is -1.02. The lowest BCUT2D eigenvalue weighted by Gasteiger charge is -2.07. The van der Waals surface area contributed by atoms with Crippen LogP contribution in [0.15, 0.2) is 24.3 Å². The Morgan fingerprint density at radius 2 is 1.45 bits per heavy atom. The molecule has 0 aliphatic heterocycles. The predicted molar refractivity (Wildman–Crippen MR) is 76.9 cm³/mol. The first-order valence-corrected chi connectivity index (χ1v) is 6.48. The Bertz CT molecular complexity index is 568. The van der Waals surface area contributed by atoms with Crippen LogP contribution in [0.25, 0.3) is 0 Å². The fourth-order valence-electron chi connectivity index (χ4n) is 1.47. The molecular formula is C14H17N3O5. The van der Waals surface area contributed by atoms with E-state index in [1.54, 1.807) is 12.1 Å². The van der Waals surface area contributed by atoms with Gasteiger partial charge in [-0.1, -0.05) is 12.1 Å². The zero-order valence-electron chi connectivity index (χ0n) is 12.0. The maximum absolute atomic E-state index is 11.5. The molecule has 0 radical (unpaired) electrons. The van der Waals surface area contributed by atoms with Crippen LogP contribution in [0.4, 0.5) is 0 Å². The van der Waals surface area contributed by atoms with Gasteiger partial charge in [0.2, 0.25) is 17.7 Å². The molecule has 8 heteroatoms. The second-order valence-electron chi connectivity index (χ2n) is 4.47. The Kier molecular flexibility index (Phi) is 6.55. The highest BCUT2D eigenvalue weighted by Gasteiger charge is 2.06. The maximum Gasteiger partial charge on any atom is 0.335 e. The van der Waals surface area contributed by atoms with Gasteiger partial charge in [0.1, 0.15) is 0 Å². The third-order valence-corrected chi connectivity index (χ3v) is 2.63. The number of carbonyl (C=O) groups is 4. The van der Waals surface area contributed by atoms with E-state index in [2.05, 4.69) is 16.0 Å². The van der Waals surface area contributed by atoms with E-state index < -0.39 is 17.8 Å². The van der Waals surface area contributed by atoms with Gasteiger partial charge in [0.15, 0.2) is 0 Å². The van der Waals surface area contributed by atoms with E-state index in [9.17, 15) is 19.2 Å². The third-order valence-electron chi connectivity index (χ3n) is 2.63. The van der Waals surface area contributed by atoms with E-state index in [1.165, 1.54) is 19.1 Å². The molecule has 0 bridgehead atoms. The summed E-state index contributed by atoms with van der Waals surface area (Å²) in [7, 11) is 0. The lowest BCUT2D eigenvalue weighted by molar-refractivity contribution is -0.127. The summed E-state index contributed by atoms with van der Waals surface area (Å²) in [6.45, 7) is 1.13. The maximum atomic E-state index is 11.5. The van der Waals surface area contributed by atoms with E-state index in [-0.39, 0.29) is 31.1 Å². The summed E-state index contributed by atoms with van der Waals surface area (Å²) in [6, 6.07) is 6.08. The van der Waals surface area contributed by atoms with Gasteiger partial charge in [0, 0.05) is 13.5 Å². The molecule has 0 aromatic heterocycles. The van der Waals surface area contributed by atoms with Crippen molar-refractivity contribution in [1.82, 2.24) is 16.0 Å². The molecule has 4 N–H and O–H groups in total. The van der Waals surface area contributed by atoms with E-state index in [0.717, 1.165) is 5.56 Å². The number of nitrogens with one attached hydrogen (secondary N) is 3. The lowest BCUT2D eigenvalue weighted by Crippen LogP contribution is -2.41. The highest BCUT2D eigenvalue weighted by Crippen LogP contribution is 2.03. The Morgan fingerprint density at radius 3 is 2.00 bits per heavy atom. The monoisotopic (exact) mass is 307 g/mol. The molecule has 8 nitrogen and oxygen atoms in total. The molecule has 0 aliphatic rings. The van der Waals surface area contributed by atoms with E-state index >= 15 is 0 Å². The van der Waals surface area contributed by atoms with Crippen LogP contribution in [0, 0.1) is 0 Å². The van der Waals surface area contributed by atoms with Crippen LogP contribution in [0.2, 0.25) is 0 Å². The second kappa shape index (κ2) is 8.40. The molecule has 0 atom stereocenters. The number of hydrogen-bond donors (Lipinski definition) is 4. The summed E-state index contributed by atoms with van der Waals surface area (Å²) in [6.07, 6.45) is 0. The van der Waals surface area contributed by atoms with Gasteiger partial charge in [-0.3, -0.25) is 14.4 Å². The number of carboxylic acids is 1. The first-order valence-electron chi connectivity index (χ1n) is 6.48. The zero-order chi connectivity index (χ0) is 16.5. The SMILES string of the molecule is CC(=O)NCC(=O)NCC(=O)NCc1ccc(C(=O)O)cc1. The van der Waals surface area contributed by atoms with Crippen LogP contribution in [-0.2, 0) is 20.9 Å². The average molecular weight is 307 g/mol. The summed E-state index contributed by atoms with van der Waals surface area (Å²) in [5.74, 6) is -2.20. The Labute approximate surface area is 126 Å². The number of aromatic carboxylic acids is 1. The Hall–Kier alpha value is -2.90. The fraction of sp³-hybridized carbons (Fsp3) is 0.286. The molecule has 0 aliphatic carbocycles. The van der Waals surface area contributed by atoms with Gasteiger partial charge >= 0.3 is 5.97 Å². The molecule has 22 heavy (non-hydrogen) atoms. The molecule has 1 aromatic rings. The van der Waals surface area contributed by atoms with Crippen LogP contribution in [0.3, 0.4) is 0 Å². The quantitative estimate of drug-likeness (QED) is 0.528. The molecule has 1 aromatic carbocycles. The number of rotatable bonds is 7. The van der Waals surface area contributed by atoms with Crippen molar-refractivity contribution in [2.24, 2.45) is 0 Å². The van der Waals surface area contributed by atoms with Crippen LogP contribution in [0.1, 0.15) is 22.8 Å². The molecule has 0 fully saturated rings. The summed E-state index contributed by atoms with van der Waals surface area (Å²) < 4.78 is 0. The highest BCUT2D eigenvalue weighted by atomic mass is 16.4. The minimum Gasteiger partial charge on any atom is -0.478 e. The molecule has 0 unspecified atom stereocenters. The van der Waals surface area contributed by atoms with Crippen molar-refractivity contribution in [1.29, 1.82) is 0 Å². The van der Waals surface area contributed by atoms with Gasteiger partial charge in [-0.05, 0) is 17.7 Å². The van der Waals surface area contributed by atoms with Crippen molar-refractivity contribution in [2.75, 3.05) is 13.1 Å². The number of hydrogen-bond acceptors (Lipinski definition) is 4. The average Bonchev–Trinajstić information content (AvgIpc) is 2.49.